The van der Waals surface area contributed by atoms with E-state index >= 15 is 0 Å². The Morgan fingerprint density at radius 1 is 1.13 bits per heavy atom. The molecule has 0 unspecified atom stereocenters. The average molecular weight is 455 g/mol. The Morgan fingerprint density at radius 3 is 2.58 bits per heavy atom. The molecule has 0 aliphatic heterocycles. The molecule has 0 spiro atoms. The van der Waals surface area contributed by atoms with Crippen LogP contribution >= 0.6 is 22.9 Å². The van der Waals surface area contributed by atoms with Gasteiger partial charge in [0.05, 0.1) is 12.2 Å². The van der Waals surface area contributed by atoms with Crippen LogP contribution < -0.4 is 0 Å². The van der Waals surface area contributed by atoms with Gasteiger partial charge < -0.3 is 13.7 Å². The number of halogens is 1. The number of hydrogen-bond acceptors (Lipinski definition) is 7. The van der Waals surface area contributed by atoms with Crippen LogP contribution in [0.1, 0.15) is 39.9 Å². The number of amides is 1. The van der Waals surface area contributed by atoms with Crippen LogP contribution in [0.4, 0.5) is 0 Å². The Balaban J connectivity index is 1.38. The van der Waals surface area contributed by atoms with E-state index in [2.05, 4.69) is 15.2 Å². The summed E-state index contributed by atoms with van der Waals surface area (Å²) < 4.78 is 11.5. The van der Waals surface area contributed by atoms with Gasteiger partial charge in [-0.1, -0.05) is 11.6 Å². The summed E-state index contributed by atoms with van der Waals surface area (Å²) in [6.45, 7) is 3.99. The van der Waals surface area contributed by atoms with Gasteiger partial charge in [-0.25, -0.2) is 4.98 Å². The van der Waals surface area contributed by atoms with E-state index in [1.807, 2.05) is 38.1 Å². The number of thiazole rings is 1. The van der Waals surface area contributed by atoms with Crippen molar-refractivity contribution in [1.82, 2.24) is 20.1 Å². The van der Waals surface area contributed by atoms with Gasteiger partial charge in [0.1, 0.15) is 10.6 Å². The summed E-state index contributed by atoms with van der Waals surface area (Å²) in [7, 11) is 0. The van der Waals surface area contributed by atoms with Crippen molar-refractivity contribution in [2.75, 3.05) is 0 Å². The normalized spacial score (nSPS) is 13.5. The Labute approximate surface area is 187 Å². The molecule has 0 bridgehead atoms. The average Bonchev–Trinajstić information content (AvgIpc) is 3.14. The first kappa shape index (κ1) is 20.0. The number of carbonyl (C=O) groups excluding carboxylic acids is 1. The van der Waals surface area contributed by atoms with Crippen molar-refractivity contribution in [2.45, 2.75) is 39.3 Å². The van der Waals surface area contributed by atoms with Crippen molar-refractivity contribution in [3.63, 3.8) is 0 Å². The predicted octanol–water partition coefficient (Wildman–Crippen LogP) is 5.53. The highest BCUT2D eigenvalue weighted by Gasteiger charge is 2.36. The maximum Gasteiger partial charge on any atom is 0.266 e. The van der Waals surface area contributed by atoms with Crippen molar-refractivity contribution in [3.8, 4) is 22.2 Å². The lowest BCUT2D eigenvalue weighted by atomic mass is 10.2. The third-order valence-electron chi connectivity index (χ3n) is 5.05. The van der Waals surface area contributed by atoms with Crippen LogP contribution in [0.2, 0.25) is 5.02 Å². The summed E-state index contributed by atoms with van der Waals surface area (Å²) in [4.78, 5) is 20.3. The summed E-state index contributed by atoms with van der Waals surface area (Å²) >= 11 is 7.29. The van der Waals surface area contributed by atoms with E-state index in [1.165, 1.54) is 11.3 Å². The van der Waals surface area contributed by atoms with Crippen LogP contribution in [0.3, 0.4) is 0 Å². The minimum absolute atomic E-state index is 0.0710. The largest absolute Gasteiger partial charge is 0.459 e. The number of benzene rings is 1. The van der Waals surface area contributed by atoms with E-state index in [4.69, 9.17) is 20.4 Å². The summed E-state index contributed by atoms with van der Waals surface area (Å²) in [5.74, 6) is 2.21. The molecule has 1 aromatic carbocycles. The van der Waals surface area contributed by atoms with Gasteiger partial charge in [-0.05, 0) is 63.1 Å². The zero-order valence-electron chi connectivity index (χ0n) is 17.0. The van der Waals surface area contributed by atoms with Gasteiger partial charge in [0.2, 0.25) is 11.8 Å². The molecule has 0 saturated heterocycles. The van der Waals surface area contributed by atoms with Gasteiger partial charge in [-0.3, -0.25) is 4.79 Å². The molecule has 7 nitrogen and oxygen atoms in total. The van der Waals surface area contributed by atoms with Crippen molar-refractivity contribution in [3.05, 3.63) is 63.6 Å². The molecule has 1 amide bonds. The van der Waals surface area contributed by atoms with Gasteiger partial charge in [0.25, 0.3) is 5.91 Å². The van der Waals surface area contributed by atoms with Crippen LogP contribution in [0, 0.1) is 13.8 Å². The number of aryl methyl sites for hydroxylation is 2. The molecule has 1 aliphatic carbocycles. The van der Waals surface area contributed by atoms with Crippen molar-refractivity contribution in [2.24, 2.45) is 0 Å². The number of hydrogen-bond donors (Lipinski definition) is 0. The minimum atomic E-state index is -0.0710. The topological polar surface area (TPSA) is 85.3 Å². The minimum Gasteiger partial charge on any atom is -0.459 e. The quantitative estimate of drug-likeness (QED) is 0.381. The molecule has 5 rings (SSSR count). The maximum atomic E-state index is 13.4. The number of rotatable bonds is 6. The van der Waals surface area contributed by atoms with Gasteiger partial charge >= 0.3 is 0 Å². The van der Waals surface area contributed by atoms with Crippen LogP contribution in [0.15, 0.2) is 45.2 Å². The lowest BCUT2D eigenvalue weighted by Gasteiger charge is -2.19. The smallest absolute Gasteiger partial charge is 0.266 e. The molecule has 158 valence electrons. The SMILES string of the molecule is Cc1ccc(-c2nc(C)c(C(=O)N(Cc3nnc(-c4ccc(Cl)cc4)o3)C3CC3)s2)o1. The molecular weight excluding hydrogens is 436 g/mol. The molecule has 1 fully saturated rings. The van der Waals surface area contributed by atoms with E-state index in [0.717, 1.165) is 24.2 Å². The Kier molecular flexibility index (Phi) is 5.11. The molecule has 9 heteroatoms. The third-order valence-corrected chi connectivity index (χ3v) is 6.47. The highest BCUT2D eigenvalue weighted by Crippen LogP contribution is 2.34. The lowest BCUT2D eigenvalue weighted by molar-refractivity contribution is 0.0718. The number of nitrogens with zero attached hydrogens (tertiary/aromatic N) is 4. The van der Waals surface area contributed by atoms with Gasteiger partial charge in [0.15, 0.2) is 10.8 Å². The van der Waals surface area contributed by atoms with Crippen LogP contribution in [-0.2, 0) is 6.54 Å². The van der Waals surface area contributed by atoms with Gasteiger partial charge in [-0.2, -0.15) is 0 Å². The first-order valence-corrected chi connectivity index (χ1v) is 11.1. The van der Waals surface area contributed by atoms with Crippen LogP contribution in [0.5, 0.6) is 0 Å². The van der Waals surface area contributed by atoms with E-state index in [0.29, 0.717) is 38.1 Å². The fraction of sp³-hybridized carbons (Fsp3) is 0.273. The number of aromatic nitrogens is 3. The summed E-state index contributed by atoms with van der Waals surface area (Å²) in [5.41, 5.74) is 1.47. The van der Waals surface area contributed by atoms with Crippen molar-refractivity contribution >= 4 is 28.8 Å². The van der Waals surface area contributed by atoms with E-state index < -0.39 is 0 Å². The van der Waals surface area contributed by atoms with Gasteiger partial charge in [-0.15, -0.1) is 21.5 Å². The van der Waals surface area contributed by atoms with E-state index in [9.17, 15) is 4.79 Å². The second-order valence-corrected chi connectivity index (χ2v) is 8.95. The Hall–Kier alpha value is -2.97. The summed E-state index contributed by atoms with van der Waals surface area (Å²) in [6.07, 6.45) is 1.93. The zero-order chi connectivity index (χ0) is 21.5. The molecule has 0 atom stereocenters. The molecule has 1 saturated carbocycles. The molecule has 0 N–H and O–H groups in total. The fourth-order valence-corrected chi connectivity index (χ4v) is 4.42. The first-order valence-electron chi connectivity index (χ1n) is 9.91. The lowest BCUT2D eigenvalue weighted by Crippen LogP contribution is -2.32. The predicted molar refractivity (Wildman–Crippen MR) is 117 cm³/mol. The van der Waals surface area contributed by atoms with E-state index in [1.54, 1.807) is 17.0 Å². The highest BCUT2D eigenvalue weighted by atomic mass is 35.5. The fourth-order valence-electron chi connectivity index (χ4n) is 3.31. The molecule has 4 aromatic rings. The van der Waals surface area contributed by atoms with E-state index in [-0.39, 0.29) is 18.5 Å². The third kappa shape index (κ3) is 4.13. The zero-order valence-corrected chi connectivity index (χ0v) is 18.5. The van der Waals surface area contributed by atoms with Crippen molar-refractivity contribution in [1.29, 1.82) is 0 Å². The molecule has 0 radical (unpaired) electrons. The Bertz CT molecular complexity index is 1240. The summed E-state index contributed by atoms with van der Waals surface area (Å²) in [6, 6.07) is 11.1. The highest BCUT2D eigenvalue weighted by molar-refractivity contribution is 7.17. The van der Waals surface area contributed by atoms with Crippen LogP contribution in [0.25, 0.3) is 22.2 Å². The number of carbonyl (C=O) groups is 1. The number of furan rings is 1. The monoisotopic (exact) mass is 454 g/mol. The Morgan fingerprint density at radius 2 is 1.90 bits per heavy atom. The van der Waals surface area contributed by atoms with Crippen LogP contribution in [-0.4, -0.2) is 32.0 Å². The maximum absolute atomic E-state index is 13.4. The molecular formula is C22H19ClN4O3S. The summed E-state index contributed by atoms with van der Waals surface area (Å²) in [5, 5.41) is 9.61. The first-order chi connectivity index (χ1) is 15.0. The molecule has 1 aliphatic rings. The van der Waals surface area contributed by atoms with Gasteiger partial charge in [0, 0.05) is 16.6 Å². The molecule has 3 heterocycles. The molecule has 3 aromatic heterocycles. The standard InChI is InChI=1S/C22H19ClN4O3S/c1-12-3-10-17(29-12)21-24-13(2)19(31-21)22(28)27(16-8-9-16)11-18-25-26-20(30-18)14-4-6-15(23)7-5-14/h3-7,10,16H,8-9,11H2,1-2H3. The second-order valence-electron chi connectivity index (χ2n) is 7.52. The second kappa shape index (κ2) is 7.94. The van der Waals surface area contributed by atoms with Crippen molar-refractivity contribution < 1.29 is 13.6 Å². The molecule has 31 heavy (non-hydrogen) atoms.